The molecule has 0 fully saturated rings. The molecule has 6 nitrogen and oxygen atoms in total. The van der Waals surface area contributed by atoms with Crippen LogP contribution >= 0.6 is 24.0 Å². The number of aliphatic imine (C=N–C) groups is 1. The minimum absolute atomic E-state index is 0. The molecular formula is C23H27IN4O2. The molecule has 0 amide bonds. The van der Waals surface area contributed by atoms with Gasteiger partial charge in [-0.2, -0.15) is 0 Å². The number of ether oxygens (including phenoxy) is 2. The minimum atomic E-state index is 0. The molecule has 1 aromatic heterocycles. The number of nitrogens with zero attached hydrogens (tertiary/aromatic N) is 2. The molecule has 0 aliphatic rings. The number of aromatic nitrogens is 1. The van der Waals surface area contributed by atoms with Crippen molar-refractivity contribution in [1.29, 1.82) is 0 Å². The molecule has 2 aromatic carbocycles. The fourth-order valence-electron chi connectivity index (χ4n) is 2.75. The van der Waals surface area contributed by atoms with Crippen molar-refractivity contribution >= 4 is 29.9 Å². The highest BCUT2D eigenvalue weighted by Gasteiger charge is 2.07. The standard InChI is InChI=1S/C23H26N4O2.HI/c1-17(19-7-5-4-6-8-19)27-23(24-2)26-16-18-9-14-22(25-15-18)29-21-12-10-20(28-3)11-13-21;/h4-15,17H,16H2,1-3H3,(H2,24,26,27);1H. The van der Waals surface area contributed by atoms with Crippen molar-refractivity contribution in [2.45, 2.75) is 19.5 Å². The normalized spacial score (nSPS) is 11.8. The number of halogens is 1. The van der Waals surface area contributed by atoms with Crippen molar-refractivity contribution in [3.8, 4) is 17.4 Å². The van der Waals surface area contributed by atoms with Crippen LogP contribution in [0, 0.1) is 0 Å². The highest BCUT2D eigenvalue weighted by Crippen LogP contribution is 2.22. The molecule has 1 heterocycles. The van der Waals surface area contributed by atoms with Crippen LogP contribution in [-0.2, 0) is 6.54 Å². The lowest BCUT2D eigenvalue weighted by Gasteiger charge is -2.18. The topological polar surface area (TPSA) is 67.8 Å². The average molecular weight is 518 g/mol. The third kappa shape index (κ3) is 6.91. The van der Waals surface area contributed by atoms with Gasteiger partial charge in [0.1, 0.15) is 11.5 Å². The third-order valence-electron chi connectivity index (χ3n) is 4.42. The van der Waals surface area contributed by atoms with Crippen LogP contribution in [-0.4, -0.2) is 25.1 Å². The zero-order valence-electron chi connectivity index (χ0n) is 17.3. The molecule has 7 heteroatoms. The van der Waals surface area contributed by atoms with Gasteiger partial charge in [0.05, 0.1) is 13.2 Å². The maximum atomic E-state index is 5.76. The van der Waals surface area contributed by atoms with Crippen molar-refractivity contribution in [3.63, 3.8) is 0 Å². The summed E-state index contributed by atoms with van der Waals surface area (Å²) in [4.78, 5) is 8.67. The average Bonchev–Trinajstić information content (AvgIpc) is 2.78. The van der Waals surface area contributed by atoms with E-state index in [1.54, 1.807) is 20.4 Å². The lowest BCUT2D eigenvalue weighted by molar-refractivity contribution is 0.412. The van der Waals surface area contributed by atoms with E-state index in [0.29, 0.717) is 18.2 Å². The van der Waals surface area contributed by atoms with Crippen molar-refractivity contribution < 1.29 is 9.47 Å². The molecule has 0 spiro atoms. The second kappa shape index (κ2) is 12.0. The first-order valence-electron chi connectivity index (χ1n) is 9.47. The number of pyridine rings is 1. The van der Waals surface area contributed by atoms with Crippen LogP contribution in [0.25, 0.3) is 0 Å². The Bertz CT molecular complexity index is 916. The van der Waals surface area contributed by atoms with Gasteiger partial charge in [-0.3, -0.25) is 4.99 Å². The second-order valence-electron chi connectivity index (χ2n) is 6.48. The van der Waals surface area contributed by atoms with Gasteiger partial charge in [0.15, 0.2) is 5.96 Å². The summed E-state index contributed by atoms with van der Waals surface area (Å²) in [5, 5.41) is 6.70. The first-order valence-corrected chi connectivity index (χ1v) is 9.47. The summed E-state index contributed by atoms with van der Waals surface area (Å²) >= 11 is 0. The van der Waals surface area contributed by atoms with Crippen LogP contribution in [0.15, 0.2) is 77.9 Å². The first kappa shape index (κ1) is 23.5. The molecule has 2 N–H and O–H groups in total. The number of nitrogens with one attached hydrogen (secondary N) is 2. The number of methoxy groups -OCH3 is 1. The van der Waals surface area contributed by atoms with Crippen LogP contribution < -0.4 is 20.1 Å². The molecule has 3 rings (SSSR count). The summed E-state index contributed by atoms with van der Waals surface area (Å²) < 4.78 is 10.9. The van der Waals surface area contributed by atoms with E-state index in [0.717, 1.165) is 17.3 Å². The maximum Gasteiger partial charge on any atom is 0.219 e. The molecule has 1 atom stereocenters. The molecule has 1 unspecified atom stereocenters. The fraction of sp³-hybridized carbons (Fsp3) is 0.217. The van der Waals surface area contributed by atoms with Crippen molar-refractivity contribution in [2.75, 3.05) is 14.2 Å². The van der Waals surface area contributed by atoms with E-state index in [-0.39, 0.29) is 30.0 Å². The third-order valence-corrected chi connectivity index (χ3v) is 4.42. The molecule has 0 radical (unpaired) electrons. The van der Waals surface area contributed by atoms with Crippen LogP contribution in [0.1, 0.15) is 24.1 Å². The molecule has 0 bridgehead atoms. The van der Waals surface area contributed by atoms with E-state index >= 15 is 0 Å². The van der Waals surface area contributed by atoms with E-state index in [2.05, 4.69) is 39.7 Å². The highest BCUT2D eigenvalue weighted by molar-refractivity contribution is 14.0. The second-order valence-corrected chi connectivity index (χ2v) is 6.48. The lowest BCUT2D eigenvalue weighted by atomic mass is 10.1. The van der Waals surface area contributed by atoms with Gasteiger partial charge in [-0.1, -0.05) is 36.4 Å². The van der Waals surface area contributed by atoms with E-state index in [9.17, 15) is 0 Å². The predicted molar refractivity (Wildman–Crippen MR) is 131 cm³/mol. The monoisotopic (exact) mass is 518 g/mol. The summed E-state index contributed by atoms with van der Waals surface area (Å²) in [7, 11) is 3.40. The van der Waals surface area contributed by atoms with Gasteiger partial charge >= 0.3 is 0 Å². The van der Waals surface area contributed by atoms with Gasteiger partial charge < -0.3 is 20.1 Å². The van der Waals surface area contributed by atoms with Crippen LogP contribution in [0.3, 0.4) is 0 Å². The molecule has 0 saturated heterocycles. The molecule has 0 saturated carbocycles. The van der Waals surface area contributed by atoms with Crippen molar-refractivity contribution in [3.05, 3.63) is 84.1 Å². The van der Waals surface area contributed by atoms with E-state index in [4.69, 9.17) is 9.47 Å². The summed E-state index contributed by atoms with van der Waals surface area (Å²) in [6, 6.07) is 21.6. The van der Waals surface area contributed by atoms with E-state index in [1.165, 1.54) is 5.56 Å². The van der Waals surface area contributed by atoms with Crippen molar-refractivity contribution in [2.24, 2.45) is 4.99 Å². The maximum absolute atomic E-state index is 5.76. The van der Waals surface area contributed by atoms with E-state index < -0.39 is 0 Å². The van der Waals surface area contributed by atoms with Crippen LogP contribution in [0.2, 0.25) is 0 Å². The number of benzene rings is 2. The van der Waals surface area contributed by atoms with Gasteiger partial charge in [0.25, 0.3) is 0 Å². The van der Waals surface area contributed by atoms with Crippen LogP contribution in [0.5, 0.6) is 17.4 Å². The van der Waals surface area contributed by atoms with Gasteiger partial charge in [0, 0.05) is 25.9 Å². The zero-order valence-corrected chi connectivity index (χ0v) is 19.7. The summed E-state index contributed by atoms with van der Waals surface area (Å²) in [5.41, 5.74) is 2.24. The van der Waals surface area contributed by atoms with Crippen molar-refractivity contribution in [1.82, 2.24) is 15.6 Å². The Labute approximate surface area is 194 Å². The summed E-state index contributed by atoms with van der Waals surface area (Å²) in [6.45, 7) is 2.71. The van der Waals surface area contributed by atoms with Gasteiger partial charge in [-0.15, -0.1) is 24.0 Å². The Kier molecular flexibility index (Phi) is 9.40. The predicted octanol–water partition coefficient (Wildman–Crippen LogP) is 4.93. The highest BCUT2D eigenvalue weighted by atomic mass is 127. The Hall–Kier alpha value is -2.81. The zero-order chi connectivity index (χ0) is 20.5. The van der Waals surface area contributed by atoms with Gasteiger partial charge in [-0.25, -0.2) is 4.98 Å². The quantitative estimate of drug-likeness (QED) is 0.264. The molecule has 3 aromatic rings. The Morgan fingerprint density at radius 3 is 2.30 bits per heavy atom. The largest absolute Gasteiger partial charge is 0.497 e. The van der Waals surface area contributed by atoms with Gasteiger partial charge in [-0.05, 0) is 42.3 Å². The number of guanidine groups is 1. The molecule has 0 aliphatic heterocycles. The lowest BCUT2D eigenvalue weighted by Crippen LogP contribution is -2.38. The number of hydrogen-bond acceptors (Lipinski definition) is 4. The van der Waals surface area contributed by atoms with E-state index in [1.807, 2.05) is 54.6 Å². The smallest absolute Gasteiger partial charge is 0.219 e. The molecule has 0 aliphatic carbocycles. The van der Waals surface area contributed by atoms with Crippen LogP contribution in [0.4, 0.5) is 0 Å². The Balaban J connectivity index is 0.00000320. The number of rotatable bonds is 7. The van der Waals surface area contributed by atoms with Gasteiger partial charge in [0.2, 0.25) is 5.88 Å². The molecule has 158 valence electrons. The Morgan fingerprint density at radius 1 is 1.00 bits per heavy atom. The molecule has 30 heavy (non-hydrogen) atoms. The number of hydrogen-bond donors (Lipinski definition) is 2. The first-order chi connectivity index (χ1) is 14.2. The fourth-order valence-corrected chi connectivity index (χ4v) is 2.75. The Morgan fingerprint density at radius 2 is 1.70 bits per heavy atom. The SMILES string of the molecule is CN=C(NCc1ccc(Oc2ccc(OC)cc2)nc1)NC(C)c1ccccc1.I. The summed E-state index contributed by atoms with van der Waals surface area (Å²) in [5.74, 6) is 2.78. The summed E-state index contributed by atoms with van der Waals surface area (Å²) in [6.07, 6.45) is 1.79. The molecular weight excluding hydrogens is 491 g/mol. The minimum Gasteiger partial charge on any atom is -0.497 e.